The molecule has 0 saturated heterocycles. The van der Waals surface area contributed by atoms with Gasteiger partial charge in [0.1, 0.15) is 6.54 Å². The lowest BCUT2D eigenvalue weighted by Crippen LogP contribution is -2.41. The van der Waals surface area contributed by atoms with Gasteiger partial charge >= 0.3 is 0 Å². The number of carbonyl (C=O) groups excluding carboxylic acids is 1. The van der Waals surface area contributed by atoms with Gasteiger partial charge in [0.25, 0.3) is 10.0 Å². The number of rotatable bonds is 7. The van der Waals surface area contributed by atoms with Gasteiger partial charge in [0, 0.05) is 5.02 Å². The highest BCUT2D eigenvalue weighted by atomic mass is 35.5. The highest BCUT2D eigenvalue weighted by Gasteiger charge is 2.28. The summed E-state index contributed by atoms with van der Waals surface area (Å²) in [6, 6.07) is 18.7. The lowest BCUT2D eigenvalue weighted by atomic mass is 10.0. The quantitative estimate of drug-likeness (QED) is 0.507. The fourth-order valence-corrected chi connectivity index (χ4v) is 4.92. The molecule has 3 aromatic rings. The van der Waals surface area contributed by atoms with Crippen LogP contribution in [-0.2, 0) is 14.8 Å². The van der Waals surface area contributed by atoms with Crippen LogP contribution in [0.5, 0.6) is 0 Å². The largest absolute Gasteiger partial charge is 0.348 e. The molecule has 0 radical (unpaired) electrons. The highest BCUT2D eigenvalue weighted by molar-refractivity contribution is 7.92. The van der Waals surface area contributed by atoms with E-state index in [1.54, 1.807) is 36.4 Å². The van der Waals surface area contributed by atoms with Gasteiger partial charge in [-0.05, 0) is 74.2 Å². The number of nitrogens with zero attached hydrogens (tertiary/aromatic N) is 1. The van der Waals surface area contributed by atoms with Gasteiger partial charge < -0.3 is 5.32 Å². The first-order valence-corrected chi connectivity index (χ1v) is 12.1. The number of aryl methyl sites for hydroxylation is 3. The van der Waals surface area contributed by atoms with Gasteiger partial charge in [-0.25, -0.2) is 8.42 Å². The maximum atomic E-state index is 13.4. The molecule has 7 heteroatoms. The molecule has 0 heterocycles. The van der Waals surface area contributed by atoms with Gasteiger partial charge in [-0.2, -0.15) is 0 Å². The summed E-state index contributed by atoms with van der Waals surface area (Å²) in [5.41, 5.74) is 4.41. The maximum Gasteiger partial charge on any atom is 0.264 e. The average molecular weight is 471 g/mol. The Morgan fingerprint density at radius 2 is 1.59 bits per heavy atom. The molecule has 1 N–H and O–H groups in total. The standard InChI is InChI=1S/C25H27ClN2O3S/c1-17-10-12-21(14-19(17)3)20(4)27-25(29)16-28(22-13-11-18(2)24(26)15-22)32(30,31)23-8-6-5-7-9-23/h5-15,20H,16H2,1-4H3,(H,27,29). The van der Waals surface area contributed by atoms with Crippen molar-refractivity contribution in [2.24, 2.45) is 0 Å². The van der Waals surface area contributed by atoms with Crippen LogP contribution in [0.25, 0.3) is 0 Å². The number of hydrogen-bond donors (Lipinski definition) is 1. The number of amides is 1. The van der Waals surface area contributed by atoms with E-state index in [9.17, 15) is 13.2 Å². The van der Waals surface area contributed by atoms with Crippen molar-refractivity contribution < 1.29 is 13.2 Å². The van der Waals surface area contributed by atoms with Crippen molar-refractivity contribution in [2.75, 3.05) is 10.8 Å². The Balaban J connectivity index is 1.90. The van der Waals surface area contributed by atoms with E-state index in [1.807, 2.05) is 45.9 Å². The van der Waals surface area contributed by atoms with E-state index in [0.29, 0.717) is 10.7 Å². The van der Waals surface area contributed by atoms with Crippen molar-refractivity contribution in [1.29, 1.82) is 0 Å². The van der Waals surface area contributed by atoms with Crippen molar-refractivity contribution in [3.05, 3.63) is 94.0 Å². The molecule has 0 aliphatic heterocycles. The summed E-state index contributed by atoms with van der Waals surface area (Å²) >= 11 is 6.26. The van der Waals surface area contributed by atoms with Crippen LogP contribution in [0.3, 0.4) is 0 Å². The summed E-state index contributed by atoms with van der Waals surface area (Å²) in [7, 11) is -3.98. The first kappa shape index (κ1) is 23.8. The van der Waals surface area contributed by atoms with Crippen molar-refractivity contribution in [1.82, 2.24) is 5.32 Å². The van der Waals surface area contributed by atoms with Crippen molar-refractivity contribution in [2.45, 2.75) is 38.6 Å². The molecule has 1 amide bonds. The Hall–Kier alpha value is -2.83. The lowest BCUT2D eigenvalue weighted by molar-refractivity contribution is -0.120. The third-order valence-electron chi connectivity index (χ3n) is 5.47. The Labute approximate surface area is 195 Å². The van der Waals surface area contributed by atoms with Crippen LogP contribution in [0, 0.1) is 20.8 Å². The first-order chi connectivity index (χ1) is 15.1. The smallest absolute Gasteiger partial charge is 0.264 e. The second kappa shape index (κ2) is 9.76. The van der Waals surface area contributed by atoms with E-state index < -0.39 is 15.9 Å². The number of benzene rings is 3. The van der Waals surface area contributed by atoms with Crippen LogP contribution in [-0.4, -0.2) is 20.9 Å². The molecule has 0 spiro atoms. The molecule has 5 nitrogen and oxygen atoms in total. The van der Waals surface area contributed by atoms with Gasteiger partial charge in [0.05, 0.1) is 16.6 Å². The Morgan fingerprint density at radius 1 is 0.938 bits per heavy atom. The number of nitrogens with one attached hydrogen (secondary N) is 1. The predicted octanol–water partition coefficient (Wildman–Crippen LogP) is 5.34. The van der Waals surface area contributed by atoms with Gasteiger partial charge in [-0.1, -0.05) is 54.1 Å². The van der Waals surface area contributed by atoms with Gasteiger partial charge in [-0.15, -0.1) is 0 Å². The number of hydrogen-bond acceptors (Lipinski definition) is 3. The average Bonchev–Trinajstić information content (AvgIpc) is 2.76. The molecule has 3 aromatic carbocycles. The Kier molecular flexibility index (Phi) is 7.26. The molecule has 0 aliphatic rings. The third kappa shape index (κ3) is 5.31. The minimum Gasteiger partial charge on any atom is -0.348 e. The van der Waals surface area contributed by atoms with Crippen LogP contribution in [0.4, 0.5) is 5.69 Å². The maximum absolute atomic E-state index is 13.4. The summed E-state index contributed by atoms with van der Waals surface area (Å²) in [5.74, 6) is -0.410. The number of anilines is 1. The van der Waals surface area contributed by atoms with E-state index in [0.717, 1.165) is 21.0 Å². The Bertz CT molecular complexity index is 1230. The van der Waals surface area contributed by atoms with E-state index >= 15 is 0 Å². The number of halogens is 1. The minimum absolute atomic E-state index is 0.103. The SMILES string of the molecule is Cc1ccc(C(C)NC(=O)CN(c2ccc(C)c(Cl)c2)S(=O)(=O)c2ccccc2)cc1C. The van der Waals surface area contributed by atoms with Crippen molar-refractivity contribution in [3.8, 4) is 0 Å². The van der Waals surface area contributed by atoms with Crippen LogP contribution in [0.2, 0.25) is 5.02 Å². The van der Waals surface area contributed by atoms with Gasteiger partial charge in [-0.3, -0.25) is 9.10 Å². The van der Waals surface area contributed by atoms with Crippen LogP contribution in [0.15, 0.2) is 71.6 Å². The summed E-state index contributed by atoms with van der Waals surface area (Å²) < 4.78 is 27.9. The normalized spacial score (nSPS) is 12.3. The molecule has 1 atom stereocenters. The molecule has 0 bridgehead atoms. The summed E-state index contributed by atoms with van der Waals surface area (Å²) in [5, 5.41) is 3.34. The third-order valence-corrected chi connectivity index (χ3v) is 7.67. The minimum atomic E-state index is -3.98. The van der Waals surface area contributed by atoms with Gasteiger partial charge in [0.15, 0.2) is 0 Å². The fraction of sp³-hybridized carbons (Fsp3) is 0.240. The molecule has 0 aromatic heterocycles. The molecule has 0 aliphatic carbocycles. The van der Waals surface area contributed by atoms with E-state index in [1.165, 1.54) is 17.7 Å². The monoisotopic (exact) mass is 470 g/mol. The zero-order chi connectivity index (χ0) is 23.5. The lowest BCUT2D eigenvalue weighted by Gasteiger charge is -2.25. The van der Waals surface area contributed by atoms with E-state index in [2.05, 4.69) is 5.32 Å². The summed E-state index contributed by atoms with van der Waals surface area (Å²) in [4.78, 5) is 13.0. The zero-order valence-corrected chi connectivity index (χ0v) is 20.2. The molecule has 168 valence electrons. The topological polar surface area (TPSA) is 66.5 Å². The van der Waals surface area contributed by atoms with Gasteiger partial charge in [0.2, 0.25) is 5.91 Å². The van der Waals surface area contributed by atoms with Crippen LogP contribution in [0.1, 0.15) is 35.2 Å². The molecular formula is C25H27ClN2O3S. The molecule has 0 saturated carbocycles. The van der Waals surface area contributed by atoms with Crippen molar-refractivity contribution >= 4 is 33.2 Å². The summed E-state index contributed by atoms with van der Waals surface area (Å²) in [6.07, 6.45) is 0. The molecule has 0 fully saturated rings. The molecule has 32 heavy (non-hydrogen) atoms. The highest BCUT2D eigenvalue weighted by Crippen LogP contribution is 2.28. The Morgan fingerprint density at radius 3 is 2.22 bits per heavy atom. The van der Waals surface area contributed by atoms with Crippen molar-refractivity contribution in [3.63, 3.8) is 0 Å². The second-order valence-corrected chi connectivity index (χ2v) is 10.2. The second-order valence-electron chi connectivity index (χ2n) is 7.89. The fourth-order valence-electron chi connectivity index (χ4n) is 3.31. The molecule has 1 unspecified atom stereocenters. The first-order valence-electron chi connectivity index (χ1n) is 10.3. The summed E-state index contributed by atoms with van der Waals surface area (Å²) in [6.45, 7) is 7.39. The van der Waals surface area contributed by atoms with E-state index in [-0.39, 0.29) is 17.5 Å². The molecular weight excluding hydrogens is 444 g/mol. The number of carbonyl (C=O) groups is 1. The zero-order valence-electron chi connectivity index (χ0n) is 18.6. The van der Waals surface area contributed by atoms with Crippen LogP contribution < -0.4 is 9.62 Å². The predicted molar refractivity (Wildman–Crippen MR) is 130 cm³/mol. The molecule has 3 rings (SSSR count). The van der Waals surface area contributed by atoms with E-state index in [4.69, 9.17) is 11.6 Å². The number of sulfonamides is 1. The van der Waals surface area contributed by atoms with Crippen LogP contribution >= 0.6 is 11.6 Å².